The standard InChI is InChI=1S/C19H16F3N3O3S/c1-2-13-11-17(26)24-18(23-13)12-6-5-7-14(10-12)25-29(27,28)16-9-4-3-8-15(16)19(20,21)22/h3-11,25H,2H2,1H3,(H,23,24,26). The van der Waals surface area contributed by atoms with Crippen LogP contribution in [0, 0.1) is 0 Å². The molecule has 3 rings (SSSR count). The van der Waals surface area contributed by atoms with Gasteiger partial charge in [-0.05, 0) is 30.7 Å². The van der Waals surface area contributed by atoms with E-state index in [-0.39, 0.29) is 17.1 Å². The molecule has 0 radical (unpaired) electrons. The van der Waals surface area contributed by atoms with Crippen molar-refractivity contribution in [3.05, 3.63) is 76.2 Å². The SMILES string of the molecule is CCc1cc(=O)[nH]c(-c2cccc(NS(=O)(=O)c3ccccc3C(F)(F)F)c2)n1. The molecule has 152 valence electrons. The van der Waals surface area contributed by atoms with Gasteiger partial charge in [-0.1, -0.05) is 31.2 Å². The van der Waals surface area contributed by atoms with E-state index in [1.165, 1.54) is 30.3 Å². The van der Waals surface area contributed by atoms with E-state index in [1.54, 1.807) is 6.07 Å². The summed E-state index contributed by atoms with van der Waals surface area (Å²) in [5, 5.41) is 0. The van der Waals surface area contributed by atoms with E-state index in [0.717, 1.165) is 12.1 Å². The Bertz CT molecular complexity index is 1200. The molecule has 1 heterocycles. The molecule has 0 saturated heterocycles. The zero-order valence-corrected chi connectivity index (χ0v) is 15.9. The van der Waals surface area contributed by atoms with Gasteiger partial charge in [-0.25, -0.2) is 13.4 Å². The topological polar surface area (TPSA) is 91.9 Å². The number of aromatic nitrogens is 2. The number of sulfonamides is 1. The second kappa shape index (κ2) is 7.70. The highest BCUT2D eigenvalue weighted by molar-refractivity contribution is 7.92. The smallest absolute Gasteiger partial charge is 0.307 e. The number of anilines is 1. The van der Waals surface area contributed by atoms with Crippen molar-refractivity contribution in [1.82, 2.24) is 9.97 Å². The Morgan fingerprint density at radius 2 is 1.79 bits per heavy atom. The molecule has 0 bridgehead atoms. The Morgan fingerprint density at radius 3 is 2.48 bits per heavy atom. The third kappa shape index (κ3) is 4.65. The van der Waals surface area contributed by atoms with E-state index in [9.17, 15) is 26.4 Å². The number of hydrogen-bond donors (Lipinski definition) is 2. The lowest BCUT2D eigenvalue weighted by molar-refractivity contribution is -0.139. The van der Waals surface area contributed by atoms with E-state index in [4.69, 9.17) is 0 Å². The van der Waals surface area contributed by atoms with Gasteiger partial charge in [0.1, 0.15) is 5.82 Å². The molecule has 0 unspecified atom stereocenters. The molecule has 2 aromatic carbocycles. The van der Waals surface area contributed by atoms with Crippen molar-refractivity contribution >= 4 is 15.7 Å². The van der Waals surface area contributed by atoms with Crippen LogP contribution in [0.4, 0.5) is 18.9 Å². The van der Waals surface area contributed by atoms with Crippen molar-refractivity contribution in [2.75, 3.05) is 4.72 Å². The minimum absolute atomic E-state index is 0.0315. The molecule has 3 aromatic rings. The summed E-state index contributed by atoms with van der Waals surface area (Å²) >= 11 is 0. The van der Waals surface area contributed by atoms with Crippen molar-refractivity contribution in [3.8, 4) is 11.4 Å². The zero-order chi connectivity index (χ0) is 21.2. The first-order chi connectivity index (χ1) is 13.6. The molecule has 0 aliphatic rings. The van der Waals surface area contributed by atoms with Crippen molar-refractivity contribution in [3.63, 3.8) is 0 Å². The fraction of sp³-hybridized carbons (Fsp3) is 0.158. The van der Waals surface area contributed by atoms with Crippen LogP contribution in [0.1, 0.15) is 18.2 Å². The van der Waals surface area contributed by atoms with E-state index in [2.05, 4.69) is 14.7 Å². The van der Waals surface area contributed by atoms with Gasteiger partial charge in [-0.3, -0.25) is 9.52 Å². The van der Waals surface area contributed by atoms with E-state index in [0.29, 0.717) is 23.7 Å². The molecule has 0 spiro atoms. The first-order valence-corrected chi connectivity index (χ1v) is 9.98. The van der Waals surface area contributed by atoms with Gasteiger partial charge in [-0.15, -0.1) is 0 Å². The Labute approximate surface area is 164 Å². The van der Waals surface area contributed by atoms with Crippen LogP contribution in [0.5, 0.6) is 0 Å². The number of benzene rings is 2. The number of halogens is 3. The molecule has 0 amide bonds. The first-order valence-electron chi connectivity index (χ1n) is 8.50. The Morgan fingerprint density at radius 1 is 1.07 bits per heavy atom. The van der Waals surface area contributed by atoms with Crippen LogP contribution in [0.15, 0.2) is 64.3 Å². The number of aromatic amines is 1. The van der Waals surface area contributed by atoms with Gasteiger partial charge in [0, 0.05) is 23.0 Å². The van der Waals surface area contributed by atoms with Crippen LogP contribution in [0.2, 0.25) is 0 Å². The minimum Gasteiger partial charge on any atom is -0.307 e. The lowest BCUT2D eigenvalue weighted by Gasteiger charge is -2.14. The summed E-state index contributed by atoms with van der Waals surface area (Å²) in [6.07, 6.45) is -4.30. The molecule has 0 aliphatic carbocycles. The molecule has 10 heteroatoms. The molecule has 2 N–H and O–H groups in total. The number of H-pyrrole nitrogens is 1. The number of rotatable bonds is 5. The number of nitrogens with one attached hydrogen (secondary N) is 2. The number of alkyl halides is 3. The summed E-state index contributed by atoms with van der Waals surface area (Å²) in [6, 6.07) is 11.1. The average Bonchev–Trinajstić information content (AvgIpc) is 2.66. The summed E-state index contributed by atoms with van der Waals surface area (Å²) < 4.78 is 66.9. The molecule has 1 aromatic heterocycles. The third-order valence-corrected chi connectivity index (χ3v) is 5.47. The molecule has 6 nitrogen and oxygen atoms in total. The van der Waals surface area contributed by atoms with E-state index < -0.39 is 26.7 Å². The van der Waals surface area contributed by atoms with Gasteiger partial charge >= 0.3 is 6.18 Å². The maximum atomic E-state index is 13.2. The van der Waals surface area contributed by atoms with Crippen LogP contribution in [0.3, 0.4) is 0 Å². The second-order valence-electron chi connectivity index (χ2n) is 6.12. The van der Waals surface area contributed by atoms with Crippen LogP contribution in [0.25, 0.3) is 11.4 Å². The normalized spacial score (nSPS) is 12.0. The molecule has 0 aliphatic heterocycles. The highest BCUT2D eigenvalue weighted by Gasteiger charge is 2.36. The van der Waals surface area contributed by atoms with Gasteiger partial charge in [0.2, 0.25) is 0 Å². The molecule has 29 heavy (non-hydrogen) atoms. The fourth-order valence-electron chi connectivity index (χ4n) is 2.70. The van der Waals surface area contributed by atoms with Crippen LogP contribution < -0.4 is 10.3 Å². The van der Waals surface area contributed by atoms with Crippen LogP contribution in [-0.4, -0.2) is 18.4 Å². The molecular weight excluding hydrogens is 407 g/mol. The second-order valence-corrected chi connectivity index (χ2v) is 7.77. The van der Waals surface area contributed by atoms with Gasteiger partial charge in [0.15, 0.2) is 0 Å². The Balaban J connectivity index is 2.00. The Hall–Kier alpha value is -3.14. The summed E-state index contributed by atoms with van der Waals surface area (Å²) in [5.74, 6) is 0.228. The summed E-state index contributed by atoms with van der Waals surface area (Å²) in [6.45, 7) is 1.83. The van der Waals surface area contributed by atoms with Gasteiger partial charge < -0.3 is 4.98 Å². The van der Waals surface area contributed by atoms with E-state index in [1.807, 2.05) is 6.92 Å². The quantitative estimate of drug-likeness (QED) is 0.653. The third-order valence-electron chi connectivity index (χ3n) is 4.03. The van der Waals surface area contributed by atoms with Crippen molar-refractivity contribution < 1.29 is 21.6 Å². The monoisotopic (exact) mass is 423 g/mol. The lowest BCUT2D eigenvalue weighted by atomic mass is 10.2. The maximum absolute atomic E-state index is 13.2. The zero-order valence-electron chi connectivity index (χ0n) is 15.1. The number of aryl methyl sites for hydroxylation is 1. The minimum atomic E-state index is -4.82. The van der Waals surface area contributed by atoms with Crippen molar-refractivity contribution in [2.45, 2.75) is 24.4 Å². The lowest BCUT2D eigenvalue weighted by Crippen LogP contribution is -2.19. The van der Waals surface area contributed by atoms with Crippen molar-refractivity contribution in [2.24, 2.45) is 0 Å². The molecule has 0 saturated carbocycles. The van der Waals surface area contributed by atoms with Gasteiger partial charge in [0.05, 0.1) is 10.5 Å². The molecule has 0 atom stereocenters. The predicted molar refractivity (Wildman–Crippen MR) is 102 cm³/mol. The molecular formula is C19H16F3N3O3S. The Kier molecular flexibility index (Phi) is 5.47. The van der Waals surface area contributed by atoms with Gasteiger partial charge in [-0.2, -0.15) is 13.2 Å². The summed E-state index contributed by atoms with van der Waals surface area (Å²) in [7, 11) is -4.51. The number of hydrogen-bond acceptors (Lipinski definition) is 4. The van der Waals surface area contributed by atoms with E-state index >= 15 is 0 Å². The first kappa shape index (κ1) is 20.6. The van der Waals surface area contributed by atoms with Crippen molar-refractivity contribution in [1.29, 1.82) is 0 Å². The summed E-state index contributed by atoms with van der Waals surface area (Å²) in [4.78, 5) is 17.7. The summed E-state index contributed by atoms with van der Waals surface area (Å²) in [5.41, 5.74) is -0.637. The van der Waals surface area contributed by atoms with Crippen LogP contribution in [-0.2, 0) is 22.6 Å². The highest BCUT2D eigenvalue weighted by atomic mass is 32.2. The molecule has 0 fully saturated rings. The highest BCUT2D eigenvalue weighted by Crippen LogP contribution is 2.34. The average molecular weight is 423 g/mol. The largest absolute Gasteiger partial charge is 0.417 e. The van der Waals surface area contributed by atoms with Crippen LogP contribution >= 0.6 is 0 Å². The maximum Gasteiger partial charge on any atom is 0.417 e. The number of nitrogens with zero attached hydrogens (tertiary/aromatic N) is 1. The fourth-order valence-corrected chi connectivity index (χ4v) is 3.98. The predicted octanol–water partition coefficient (Wildman–Crippen LogP) is 3.82. The van der Waals surface area contributed by atoms with Gasteiger partial charge in [0.25, 0.3) is 15.6 Å².